The fraction of sp³-hybridized carbons (Fsp3) is 0.591. The van der Waals surface area contributed by atoms with Gasteiger partial charge in [-0.25, -0.2) is 0 Å². The summed E-state index contributed by atoms with van der Waals surface area (Å²) >= 11 is 0. The van der Waals surface area contributed by atoms with Gasteiger partial charge in [0, 0.05) is 51.6 Å². The highest BCUT2D eigenvalue weighted by Crippen LogP contribution is 2.28. The number of amides is 3. The number of rotatable bonds is 6. The van der Waals surface area contributed by atoms with Gasteiger partial charge in [-0.05, 0) is 30.0 Å². The first-order valence-electron chi connectivity index (χ1n) is 10.4. The molecule has 1 saturated heterocycles. The van der Waals surface area contributed by atoms with Crippen molar-refractivity contribution in [2.75, 3.05) is 26.2 Å². The average Bonchev–Trinajstić information content (AvgIpc) is 3.24. The van der Waals surface area contributed by atoms with Crippen molar-refractivity contribution in [3.05, 3.63) is 35.4 Å². The molecule has 152 valence electrons. The standard InChI is InChI=1S/C22H31N3O3/c1-17(26)23-16-19-6-9-20(10-7-19)22(28)25-14-12-24(13-15-25)21(27)11-8-18-4-2-3-5-18/h6-7,9-10,18H,2-5,8,11-16H2,1H3,(H,23,26). The highest BCUT2D eigenvalue weighted by molar-refractivity contribution is 5.94. The largest absolute Gasteiger partial charge is 0.352 e. The van der Waals surface area contributed by atoms with E-state index in [1.807, 2.05) is 21.9 Å². The number of piperazine rings is 1. The molecule has 2 aliphatic rings. The fourth-order valence-corrected chi connectivity index (χ4v) is 4.12. The Morgan fingerprint density at radius 3 is 2.18 bits per heavy atom. The van der Waals surface area contributed by atoms with Crippen LogP contribution >= 0.6 is 0 Å². The van der Waals surface area contributed by atoms with E-state index in [4.69, 9.17) is 0 Å². The number of hydrogen-bond donors (Lipinski definition) is 1. The Bertz CT molecular complexity index is 687. The first kappa shape index (κ1) is 20.4. The molecule has 0 atom stereocenters. The summed E-state index contributed by atoms with van der Waals surface area (Å²) in [5.41, 5.74) is 1.61. The van der Waals surface area contributed by atoms with Crippen LogP contribution in [0.5, 0.6) is 0 Å². The van der Waals surface area contributed by atoms with Crippen LogP contribution in [-0.2, 0) is 16.1 Å². The molecule has 3 rings (SSSR count). The highest BCUT2D eigenvalue weighted by atomic mass is 16.2. The molecule has 0 radical (unpaired) electrons. The number of benzene rings is 1. The quantitative estimate of drug-likeness (QED) is 0.818. The molecule has 6 heteroatoms. The van der Waals surface area contributed by atoms with Gasteiger partial charge in [0.15, 0.2) is 0 Å². The van der Waals surface area contributed by atoms with Gasteiger partial charge in [0.25, 0.3) is 5.91 Å². The molecule has 1 aliphatic heterocycles. The van der Waals surface area contributed by atoms with E-state index in [1.165, 1.54) is 32.6 Å². The SMILES string of the molecule is CC(=O)NCc1ccc(C(=O)N2CCN(C(=O)CCC3CCCC3)CC2)cc1. The summed E-state index contributed by atoms with van der Waals surface area (Å²) in [6.45, 7) is 4.36. The number of carbonyl (C=O) groups is 3. The number of nitrogens with one attached hydrogen (secondary N) is 1. The van der Waals surface area contributed by atoms with Crippen LogP contribution in [0.25, 0.3) is 0 Å². The van der Waals surface area contributed by atoms with E-state index in [0.29, 0.717) is 44.7 Å². The van der Waals surface area contributed by atoms with E-state index >= 15 is 0 Å². The first-order valence-corrected chi connectivity index (χ1v) is 10.4. The summed E-state index contributed by atoms with van der Waals surface area (Å²) in [5, 5.41) is 2.75. The lowest BCUT2D eigenvalue weighted by Crippen LogP contribution is -2.50. The Labute approximate surface area is 167 Å². The molecule has 1 N–H and O–H groups in total. The molecule has 1 aromatic carbocycles. The second-order valence-electron chi connectivity index (χ2n) is 7.97. The molecule has 0 aromatic heterocycles. The molecule has 28 heavy (non-hydrogen) atoms. The topological polar surface area (TPSA) is 69.7 Å². The van der Waals surface area contributed by atoms with Gasteiger partial charge >= 0.3 is 0 Å². The van der Waals surface area contributed by atoms with Gasteiger partial charge in [-0.3, -0.25) is 14.4 Å². The summed E-state index contributed by atoms with van der Waals surface area (Å²) in [6.07, 6.45) is 6.84. The van der Waals surface area contributed by atoms with Gasteiger partial charge < -0.3 is 15.1 Å². The van der Waals surface area contributed by atoms with E-state index in [2.05, 4.69) is 5.32 Å². The normalized spacial score (nSPS) is 17.6. The van der Waals surface area contributed by atoms with Crippen molar-refractivity contribution >= 4 is 17.7 Å². The van der Waals surface area contributed by atoms with Crippen LogP contribution < -0.4 is 5.32 Å². The van der Waals surface area contributed by atoms with Crippen LogP contribution in [0.15, 0.2) is 24.3 Å². The van der Waals surface area contributed by atoms with E-state index in [-0.39, 0.29) is 17.7 Å². The highest BCUT2D eigenvalue weighted by Gasteiger charge is 2.25. The van der Waals surface area contributed by atoms with E-state index in [1.54, 1.807) is 12.1 Å². The van der Waals surface area contributed by atoms with Crippen molar-refractivity contribution in [3.8, 4) is 0 Å². The van der Waals surface area contributed by atoms with Gasteiger partial charge in [0.1, 0.15) is 0 Å². The molecule has 1 heterocycles. The monoisotopic (exact) mass is 385 g/mol. The third-order valence-corrected chi connectivity index (χ3v) is 5.90. The summed E-state index contributed by atoms with van der Waals surface area (Å²) < 4.78 is 0. The lowest BCUT2D eigenvalue weighted by molar-refractivity contribution is -0.133. The van der Waals surface area contributed by atoms with Crippen molar-refractivity contribution in [3.63, 3.8) is 0 Å². The molecule has 6 nitrogen and oxygen atoms in total. The molecule has 1 aliphatic carbocycles. The van der Waals surface area contributed by atoms with Gasteiger partial charge in [0.05, 0.1) is 0 Å². The minimum atomic E-state index is -0.0733. The number of carbonyl (C=O) groups excluding carboxylic acids is 3. The maximum absolute atomic E-state index is 12.7. The van der Waals surface area contributed by atoms with Crippen molar-refractivity contribution in [2.45, 2.75) is 52.0 Å². The van der Waals surface area contributed by atoms with E-state index in [9.17, 15) is 14.4 Å². The summed E-state index contributed by atoms with van der Waals surface area (Å²) in [7, 11) is 0. The zero-order chi connectivity index (χ0) is 19.9. The summed E-state index contributed by atoms with van der Waals surface area (Å²) in [6, 6.07) is 7.34. The minimum absolute atomic E-state index is 0.00383. The van der Waals surface area contributed by atoms with Crippen molar-refractivity contribution < 1.29 is 14.4 Å². The third kappa shape index (κ3) is 5.57. The molecular formula is C22H31N3O3. The predicted octanol–water partition coefficient (Wildman–Crippen LogP) is 2.58. The van der Waals surface area contributed by atoms with Crippen LogP contribution in [0.1, 0.15) is 61.4 Å². The Morgan fingerprint density at radius 2 is 1.57 bits per heavy atom. The number of hydrogen-bond acceptors (Lipinski definition) is 3. The number of nitrogens with zero attached hydrogens (tertiary/aromatic N) is 2. The Morgan fingerprint density at radius 1 is 0.964 bits per heavy atom. The van der Waals surface area contributed by atoms with Crippen LogP contribution in [0.4, 0.5) is 0 Å². The maximum atomic E-state index is 12.7. The van der Waals surface area contributed by atoms with E-state index in [0.717, 1.165) is 17.9 Å². The molecule has 0 spiro atoms. The van der Waals surface area contributed by atoms with Crippen LogP contribution in [0.3, 0.4) is 0 Å². The van der Waals surface area contributed by atoms with Gasteiger partial charge in [-0.15, -0.1) is 0 Å². The third-order valence-electron chi connectivity index (χ3n) is 5.90. The zero-order valence-corrected chi connectivity index (χ0v) is 16.8. The Balaban J connectivity index is 1.44. The Kier molecular flexibility index (Phi) is 7.06. The molecule has 0 bridgehead atoms. The smallest absolute Gasteiger partial charge is 0.253 e. The maximum Gasteiger partial charge on any atom is 0.253 e. The van der Waals surface area contributed by atoms with Crippen LogP contribution in [0.2, 0.25) is 0 Å². The zero-order valence-electron chi connectivity index (χ0n) is 16.8. The lowest BCUT2D eigenvalue weighted by Gasteiger charge is -2.35. The Hall–Kier alpha value is -2.37. The molecule has 3 amide bonds. The summed E-state index contributed by atoms with van der Waals surface area (Å²) in [4.78, 5) is 39.9. The molecule has 1 aromatic rings. The summed E-state index contributed by atoms with van der Waals surface area (Å²) in [5.74, 6) is 0.904. The minimum Gasteiger partial charge on any atom is -0.352 e. The molecular weight excluding hydrogens is 354 g/mol. The van der Waals surface area contributed by atoms with Gasteiger partial charge in [-0.2, -0.15) is 0 Å². The second-order valence-corrected chi connectivity index (χ2v) is 7.97. The average molecular weight is 386 g/mol. The van der Waals surface area contributed by atoms with Crippen molar-refractivity contribution in [2.24, 2.45) is 5.92 Å². The fourth-order valence-electron chi connectivity index (χ4n) is 4.12. The van der Waals surface area contributed by atoms with E-state index < -0.39 is 0 Å². The lowest BCUT2D eigenvalue weighted by atomic mass is 10.0. The van der Waals surface area contributed by atoms with Crippen LogP contribution in [-0.4, -0.2) is 53.7 Å². The molecule has 2 fully saturated rings. The second kappa shape index (κ2) is 9.71. The van der Waals surface area contributed by atoms with Crippen LogP contribution in [0, 0.1) is 5.92 Å². The van der Waals surface area contributed by atoms with Crippen molar-refractivity contribution in [1.82, 2.24) is 15.1 Å². The predicted molar refractivity (Wildman–Crippen MR) is 108 cm³/mol. The van der Waals surface area contributed by atoms with Gasteiger partial charge in [-0.1, -0.05) is 37.8 Å². The molecule has 1 saturated carbocycles. The van der Waals surface area contributed by atoms with Crippen molar-refractivity contribution in [1.29, 1.82) is 0 Å². The molecule has 0 unspecified atom stereocenters. The first-order chi connectivity index (χ1) is 13.5. The van der Waals surface area contributed by atoms with Gasteiger partial charge in [0.2, 0.25) is 11.8 Å².